The highest BCUT2D eigenvalue weighted by Gasteiger charge is 2.28. The Balaban J connectivity index is 0.00000361. The lowest BCUT2D eigenvalue weighted by atomic mass is 9.88. The van der Waals surface area contributed by atoms with E-state index in [-0.39, 0.29) is 24.6 Å². The van der Waals surface area contributed by atoms with Gasteiger partial charge in [-0.2, -0.15) is 13.5 Å². The molecule has 3 aromatic carbocycles. The molecule has 1 unspecified atom stereocenters. The van der Waals surface area contributed by atoms with Crippen molar-refractivity contribution in [3.8, 4) is 11.1 Å². The van der Waals surface area contributed by atoms with E-state index in [9.17, 15) is 15.0 Å². The summed E-state index contributed by atoms with van der Waals surface area (Å²) >= 11 is 1.47. The summed E-state index contributed by atoms with van der Waals surface area (Å²) in [4.78, 5) is 12.3. The second kappa shape index (κ2) is 12.8. The molecule has 0 aromatic heterocycles. The van der Waals surface area contributed by atoms with Crippen molar-refractivity contribution in [2.75, 3.05) is 13.1 Å². The number of hydrogen-bond donors (Lipinski definition) is 4. The van der Waals surface area contributed by atoms with E-state index >= 15 is 0 Å². The summed E-state index contributed by atoms with van der Waals surface area (Å²) < 4.78 is 3.26. The number of aliphatic hydroxyl groups is 1. The molecule has 0 bridgehead atoms. The average molecular weight is 525 g/mol. The van der Waals surface area contributed by atoms with E-state index in [0.29, 0.717) is 19.0 Å². The Kier molecular flexibility index (Phi) is 10.0. The monoisotopic (exact) mass is 524 g/mol. The van der Waals surface area contributed by atoms with Gasteiger partial charge in [-0.1, -0.05) is 48.5 Å². The van der Waals surface area contributed by atoms with Crippen LogP contribution in [0.2, 0.25) is 0 Å². The Bertz CT molecular complexity index is 1140. The standard InChI is InChI=1S/C29H34N2O3S.H2S/c1-29(2,17-20-13-21-7-3-4-8-22(21)14-20)30-18-26(32)19-31-35-27-12-6-10-24(16-27)23-9-5-11-25(15-23)28(33)34;/h3-12,15-16,20,26,30-32H,13-14,17-19H2,1-2H3,(H,33,34);1H2. The fourth-order valence-corrected chi connectivity index (χ4v) is 5.62. The lowest BCUT2D eigenvalue weighted by molar-refractivity contribution is 0.0697. The van der Waals surface area contributed by atoms with Crippen molar-refractivity contribution in [2.24, 2.45) is 5.92 Å². The first-order valence-electron chi connectivity index (χ1n) is 12.1. The SMILES string of the molecule is CC(C)(CC1Cc2ccccc2C1)NCC(O)CNSc1cccc(-c2cccc(C(=O)O)c2)c1.S. The predicted octanol–water partition coefficient (Wildman–Crippen LogP) is 5.30. The van der Waals surface area contributed by atoms with Crippen LogP contribution in [0.5, 0.6) is 0 Å². The number of β-amino-alcohol motifs (C(OH)–C–C–N with tert-alkyl or cyclic N) is 1. The first-order chi connectivity index (χ1) is 16.8. The van der Waals surface area contributed by atoms with Crippen LogP contribution < -0.4 is 10.0 Å². The number of fused-ring (bicyclic) bond motifs is 1. The largest absolute Gasteiger partial charge is 0.478 e. The first kappa shape index (κ1) is 28.3. The van der Waals surface area contributed by atoms with E-state index in [0.717, 1.165) is 35.3 Å². The summed E-state index contributed by atoms with van der Waals surface area (Å²) in [6.45, 7) is 5.43. The molecule has 0 heterocycles. The maximum absolute atomic E-state index is 11.3. The quantitative estimate of drug-likeness (QED) is 0.255. The Hall–Kier alpha value is -2.29. The van der Waals surface area contributed by atoms with Crippen LogP contribution >= 0.6 is 25.4 Å². The minimum atomic E-state index is -0.932. The third-order valence-corrected chi connectivity index (χ3v) is 7.34. The van der Waals surface area contributed by atoms with Gasteiger partial charge in [0.25, 0.3) is 0 Å². The van der Waals surface area contributed by atoms with Crippen molar-refractivity contribution >= 4 is 31.4 Å². The average Bonchev–Trinajstić information content (AvgIpc) is 3.24. The molecule has 0 saturated heterocycles. The number of carboxylic acid groups (broad SMARTS) is 1. The topological polar surface area (TPSA) is 81.6 Å². The summed E-state index contributed by atoms with van der Waals surface area (Å²) in [6.07, 6.45) is 2.86. The van der Waals surface area contributed by atoms with Crippen molar-refractivity contribution in [1.82, 2.24) is 10.0 Å². The highest BCUT2D eigenvalue weighted by atomic mass is 32.2. The maximum atomic E-state index is 11.3. The molecule has 0 aliphatic heterocycles. The summed E-state index contributed by atoms with van der Waals surface area (Å²) in [5, 5.41) is 23.3. The predicted molar refractivity (Wildman–Crippen MR) is 153 cm³/mol. The smallest absolute Gasteiger partial charge is 0.335 e. The molecular weight excluding hydrogens is 488 g/mol. The van der Waals surface area contributed by atoms with Gasteiger partial charge in [-0.15, -0.1) is 0 Å². The summed E-state index contributed by atoms with van der Waals surface area (Å²) in [5.41, 5.74) is 5.01. The maximum Gasteiger partial charge on any atom is 0.335 e. The highest BCUT2D eigenvalue weighted by molar-refractivity contribution is 7.97. The van der Waals surface area contributed by atoms with E-state index in [1.54, 1.807) is 18.2 Å². The summed E-state index contributed by atoms with van der Waals surface area (Å²) in [7, 11) is 0. The van der Waals surface area contributed by atoms with Gasteiger partial charge in [0.1, 0.15) is 0 Å². The molecule has 0 spiro atoms. The van der Waals surface area contributed by atoms with Crippen molar-refractivity contribution in [3.05, 3.63) is 89.5 Å². The molecule has 192 valence electrons. The van der Waals surface area contributed by atoms with Gasteiger partial charge in [0.05, 0.1) is 11.7 Å². The van der Waals surface area contributed by atoms with Crippen LogP contribution in [-0.2, 0) is 12.8 Å². The number of rotatable bonds is 11. The molecule has 0 saturated carbocycles. The normalized spacial score (nSPS) is 14.2. The second-order valence-electron chi connectivity index (χ2n) is 10.0. The molecule has 3 aromatic rings. The Morgan fingerprint density at radius 1 is 0.972 bits per heavy atom. The van der Waals surface area contributed by atoms with Crippen molar-refractivity contribution in [3.63, 3.8) is 0 Å². The molecule has 1 aliphatic carbocycles. The van der Waals surface area contributed by atoms with Crippen LogP contribution in [0.25, 0.3) is 11.1 Å². The van der Waals surface area contributed by atoms with Gasteiger partial charge in [0, 0.05) is 23.5 Å². The molecule has 4 N–H and O–H groups in total. The van der Waals surface area contributed by atoms with Gasteiger partial charge >= 0.3 is 5.97 Å². The van der Waals surface area contributed by atoms with E-state index in [1.807, 2.05) is 30.3 Å². The lowest BCUT2D eigenvalue weighted by Gasteiger charge is -2.30. The van der Waals surface area contributed by atoms with E-state index in [1.165, 1.54) is 23.1 Å². The number of carboxylic acids is 1. The number of aliphatic hydroxyl groups excluding tert-OH is 1. The van der Waals surface area contributed by atoms with Gasteiger partial charge in [0.2, 0.25) is 0 Å². The molecule has 1 aliphatic rings. The molecule has 1 atom stereocenters. The Labute approximate surface area is 225 Å². The van der Waals surface area contributed by atoms with Crippen molar-refractivity contribution in [2.45, 2.75) is 49.6 Å². The summed E-state index contributed by atoms with van der Waals surface area (Å²) in [5.74, 6) is -0.289. The van der Waals surface area contributed by atoms with Crippen molar-refractivity contribution < 1.29 is 15.0 Å². The second-order valence-corrected chi connectivity index (χ2v) is 11.0. The van der Waals surface area contributed by atoms with Crippen LogP contribution in [0.4, 0.5) is 0 Å². The van der Waals surface area contributed by atoms with E-state index in [4.69, 9.17) is 0 Å². The van der Waals surface area contributed by atoms with E-state index in [2.05, 4.69) is 48.2 Å². The van der Waals surface area contributed by atoms with Crippen LogP contribution in [-0.4, -0.2) is 40.9 Å². The molecule has 7 heteroatoms. The molecule has 0 fully saturated rings. The first-order valence-corrected chi connectivity index (χ1v) is 12.9. The molecule has 36 heavy (non-hydrogen) atoms. The van der Waals surface area contributed by atoms with E-state index < -0.39 is 12.1 Å². The van der Waals surface area contributed by atoms with Crippen LogP contribution in [0.15, 0.2) is 77.7 Å². The van der Waals surface area contributed by atoms with Gasteiger partial charge in [-0.25, -0.2) is 4.79 Å². The number of carbonyl (C=O) groups is 1. The molecular formula is C29H36N2O3S2. The van der Waals surface area contributed by atoms with Crippen LogP contribution in [0.3, 0.4) is 0 Å². The fourth-order valence-electron chi connectivity index (χ4n) is 4.85. The minimum absolute atomic E-state index is 0. The zero-order valence-electron chi connectivity index (χ0n) is 20.8. The highest BCUT2D eigenvalue weighted by Crippen LogP contribution is 2.32. The zero-order valence-corrected chi connectivity index (χ0v) is 22.6. The summed E-state index contributed by atoms with van der Waals surface area (Å²) in [6, 6.07) is 23.6. The van der Waals surface area contributed by atoms with Gasteiger partial charge in [0.15, 0.2) is 0 Å². The third-order valence-electron chi connectivity index (χ3n) is 6.54. The number of benzene rings is 3. The minimum Gasteiger partial charge on any atom is -0.478 e. The lowest BCUT2D eigenvalue weighted by Crippen LogP contribution is -2.46. The molecule has 5 nitrogen and oxygen atoms in total. The van der Waals surface area contributed by atoms with Gasteiger partial charge < -0.3 is 15.5 Å². The zero-order chi connectivity index (χ0) is 24.8. The van der Waals surface area contributed by atoms with Gasteiger partial charge in [-0.3, -0.25) is 4.72 Å². The Morgan fingerprint density at radius 3 is 2.28 bits per heavy atom. The third kappa shape index (κ3) is 7.85. The van der Waals surface area contributed by atoms with Gasteiger partial charge in [-0.05, 0) is 97.5 Å². The Morgan fingerprint density at radius 2 is 1.61 bits per heavy atom. The molecule has 0 radical (unpaired) electrons. The van der Waals surface area contributed by atoms with Crippen LogP contribution in [0, 0.1) is 5.92 Å². The fraction of sp³-hybridized carbons (Fsp3) is 0.345. The molecule has 4 rings (SSSR count). The molecule has 0 amide bonds. The number of nitrogens with one attached hydrogen (secondary N) is 2. The van der Waals surface area contributed by atoms with Crippen molar-refractivity contribution in [1.29, 1.82) is 0 Å². The number of hydrogen-bond acceptors (Lipinski definition) is 5. The van der Waals surface area contributed by atoms with Crippen LogP contribution in [0.1, 0.15) is 41.8 Å². The number of aromatic carboxylic acids is 1.